The topological polar surface area (TPSA) is 47.9 Å². The van der Waals surface area contributed by atoms with Crippen LogP contribution in [-0.2, 0) is 6.42 Å². The van der Waals surface area contributed by atoms with Crippen LogP contribution in [0, 0.1) is 0 Å². The second-order valence-electron chi connectivity index (χ2n) is 7.74. The van der Waals surface area contributed by atoms with Crippen molar-refractivity contribution in [2.45, 2.75) is 65.2 Å². The predicted molar refractivity (Wildman–Crippen MR) is 124 cm³/mol. The number of aryl methyl sites for hydroxylation is 1. The zero-order chi connectivity index (χ0) is 21.0. The Balaban J connectivity index is 1.56. The SMILES string of the molecule is CCCCCCc1cnc(-c2ccc(-c3ccc(OCCCCC)cc3)nc2)nc1. The minimum absolute atomic E-state index is 0.724. The van der Waals surface area contributed by atoms with Crippen molar-refractivity contribution in [1.82, 2.24) is 15.0 Å². The molecule has 0 amide bonds. The molecule has 0 saturated carbocycles. The summed E-state index contributed by atoms with van der Waals surface area (Å²) in [6.07, 6.45) is 15.3. The first-order chi connectivity index (χ1) is 14.8. The molecule has 2 heterocycles. The van der Waals surface area contributed by atoms with Crippen molar-refractivity contribution >= 4 is 0 Å². The van der Waals surface area contributed by atoms with Crippen molar-refractivity contribution in [1.29, 1.82) is 0 Å². The van der Waals surface area contributed by atoms with E-state index in [9.17, 15) is 0 Å². The van der Waals surface area contributed by atoms with Gasteiger partial charge in [-0.2, -0.15) is 0 Å². The van der Waals surface area contributed by atoms with E-state index >= 15 is 0 Å². The van der Waals surface area contributed by atoms with E-state index in [-0.39, 0.29) is 0 Å². The zero-order valence-electron chi connectivity index (χ0n) is 18.3. The Hall–Kier alpha value is -2.75. The molecule has 158 valence electrons. The molecule has 30 heavy (non-hydrogen) atoms. The molecule has 0 radical (unpaired) electrons. The fourth-order valence-corrected chi connectivity index (χ4v) is 3.35. The summed E-state index contributed by atoms with van der Waals surface area (Å²) < 4.78 is 5.79. The van der Waals surface area contributed by atoms with Crippen molar-refractivity contribution < 1.29 is 4.74 Å². The molecule has 0 aliphatic heterocycles. The van der Waals surface area contributed by atoms with Gasteiger partial charge in [0.15, 0.2) is 5.82 Å². The van der Waals surface area contributed by atoms with Gasteiger partial charge in [0.1, 0.15) is 5.75 Å². The summed E-state index contributed by atoms with van der Waals surface area (Å²) in [5, 5.41) is 0. The number of hydrogen-bond acceptors (Lipinski definition) is 4. The maximum absolute atomic E-state index is 5.79. The molecule has 0 bridgehead atoms. The molecular formula is C26H33N3O. The van der Waals surface area contributed by atoms with Gasteiger partial charge in [0.25, 0.3) is 0 Å². The third-order valence-electron chi connectivity index (χ3n) is 5.21. The first-order valence-corrected chi connectivity index (χ1v) is 11.3. The maximum atomic E-state index is 5.79. The molecule has 0 spiro atoms. The summed E-state index contributed by atoms with van der Waals surface area (Å²) in [7, 11) is 0. The number of unbranched alkanes of at least 4 members (excludes halogenated alkanes) is 5. The Morgan fingerprint density at radius 3 is 2.03 bits per heavy atom. The largest absolute Gasteiger partial charge is 0.494 e. The molecule has 0 saturated heterocycles. The van der Waals surface area contributed by atoms with Gasteiger partial charge < -0.3 is 4.74 Å². The second kappa shape index (κ2) is 12.1. The van der Waals surface area contributed by atoms with Crippen LogP contribution < -0.4 is 4.74 Å². The minimum atomic E-state index is 0.724. The van der Waals surface area contributed by atoms with Crippen molar-refractivity contribution in [3.05, 3.63) is 60.6 Å². The average molecular weight is 404 g/mol. The van der Waals surface area contributed by atoms with Gasteiger partial charge in [-0.05, 0) is 61.2 Å². The molecule has 0 fully saturated rings. The van der Waals surface area contributed by atoms with Crippen LogP contribution in [0.25, 0.3) is 22.6 Å². The number of nitrogens with zero attached hydrogens (tertiary/aromatic N) is 3. The van der Waals surface area contributed by atoms with Crippen LogP contribution in [0.4, 0.5) is 0 Å². The Morgan fingerprint density at radius 2 is 1.37 bits per heavy atom. The molecule has 0 atom stereocenters. The Bertz CT molecular complexity index is 784. The van der Waals surface area contributed by atoms with Crippen LogP contribution in [0.3, 0.4) is 0 Å². The van der Waals surface area contributed by atoms with Crippen LogP contribution in [0.1, 0.15) is 64.4 Å². The molecule has 2 aromatic heterocycles. The number of benzene rings is 1. The summed E-state index contributed by atoms with van der Waals surface area (Å²) in [6, 6.07) is 12.2. The molecule has 0 aliphatic carbocycles. The van der Waals surface area contributed by atoms with Crippen LogP contribution in [0.2, 0.25) is 0 Å². The van der Waals surface area contributed by atoms with E-state index in [1.165, 1.54) is 44.1 Å². The molecule has 3 rings (SSSR count). The standard InChI is InChI=1S/C26H33N3O/c1-3-5-7-8-10-21-18-28-26(29-19-21)23-13-16-25(27-20-23)22-11-14-24(15-12-22)30-17-9-6-4-2/h11-16,18-20H,3-10,17H2,1-2H3. The lowest BCUT2D eigenvalue weighted by Gasteiger charge is -2.07. The van der Waals surface area contributed by atoms with Gasteiger partial charge in [0.2, 0.25) is 0 Å². The van der Waals surface area contributed by atoms with Crippen LogP contribution >= 0.6 is 0 Å². The molecule has 4 heteroatoms. The highest BCUT2D eigenvalue weighted by atomic mass is 16.5. The fraction of sp³-hybridized carbons (Fsp3) is 0.423. The Labute approximate surface area is 180 Å². The molecule has 4 nitrogen and oxygen atoms in total. The van der Waals surface area contributed by atoms with Gasteiger partial charge in [-0.3, -0.25) is 4.98 Å². The van der Waals surface area contributed by atoms with E-state index in [1.807, 2.05) is 42.9 Å². The highest BCUT2D eigenvalue weighted by Crippen LogP contribution is 2.23. The van der Waals surface area contributed by atoms with E-state index in [0.29, 0.717) is 0 Å². The van der Waals surface area contributed by atoms with E-state index in [2.05, 4.69) is 40.9 Å². The summed E-state index contributed by atoms with van der Waals surface area (Å²) in [5.74, 6) is 1.64. The highest BCUT2D eigenvalue weighted by molar-refractivity contribution is 5.63. The smallest absolute Gasteiger partial charge is 0.160 e. The first kappa shape index (κ1) is 21.9. The fourth-order valence-electron chi connectivity index (χ4n) is 3.35. The van der Waals surface area contributed by atoms with Crippen molar-refractivity contribution in [2.24, 2.45) is 0 Å². The van der Waals surface area contributed by atoms with E-state index in [1.54, 1.807) is 0 Å². The van der Waals surface area contributed by atoms with Gasteiger partial charge in [-0.1, -0.05) is 46.0 Å². The highest BCUT2D eigenvalue weighted by Gasteiger charge is 2.05. The molecule has 0 unspecified atom stereocenters. The molecule has 3 aromatic rings. The number of pyridine rings is 1. The quantitative estimate of drug-likeness (QED) is 0.309. The third-order valence-corrected chi connectivity index (χ3v) is 5.21. The van der Waals surface area contributed by atoms with E-state index in [4.69, 9.17) is 4.74 Å². The Morgan fingerprint density at radius 1 is 0.667 bits per heavy atom. The second-order valence-corrected chi connectivity index (χ2v) is 7.74. The zero-order valence-corrected chi connectivity index (χ0v) is 18.3. The third kappa shape index (κ3) is 6.65. The summed E-state index contributed by atoms with van der Waals surface area (Å²) in [6.45, 7) is 5.21. The lowest BCUT2D eigenvalue weighted by atomic mass is 10.1. The predicted octanol–water partition coefficient (Wildman–Crippen LogP) is 6.90. The lowest BCUT2D eigenvalue weighted by molar-refractivity contribution is 0.306. The van der Waals surface area contributed by atoms with Crippen LogP contribution in [0.15, 0.2) is 55.0 Å². The monoisotopic (exact) mass is 403 g/mol. The summed E-state index contributed by atoms with van der Waals surface area (Å²) >= 11 is 0. The van der Waals surface area contributed by atoms with Crippen LogP contribution in [0.5, 0.6) is 5.75 Å². The molecular weight excluding hydrogens is 370 g/mol. The number of rotatable bonds is 12. The summed E-state index contributed by atoms with van der Waals surface area (Å²) in [5.41, 5.74) is 4.15. The average Bonchev–Trinajstić information content (AvgIpc) is 2.81. The minimum Gasteiger partial charge on any atom is -0.494 e. The van der Waals surface area contributed by atoms with Crippen LogP contribution in [-0.4, -0.2) is 21.6 Å². The van der Waals surface area contributed by atoms with Gasteiger partial charge in [0.05, 0.1) is 12.3 Å². The first-order valence-electron chi connectivity index (χ1n) is 11.3. The van der Waals surface area contributed by atoms with Crippen molar-refractivity contribution in [2.75, 3.05) is 6.61 Å². The Kier molecular flexibility index (Phi) is 8.82. The van der Waals surface area contributed by atoms with Crippen molar-refractivity contribution in [3.63, 3.8) is 0 Å². The van der Waals surface area contributed by atoms with Gasteiger partial charge in [0, 0.05) is 29.7 Å². The van der Waals surface area contributed by atoms with Gasteiger partial charge in [-0.25, -0.2) is 9.97 Å². The molecule has 1 aromatic carbocycles. The van der Waals surface area contributed by atoms with Gasteiger partial charge >= 0.3 is 0 Å². The van der Waals surface area contributed by atoms with E-state index < -0.39 is 0 Å². The number of ether oxygens (including phenoxy) is 1. The molecule has 0 aliphatic rings. The number of hydrogen-bond donors (Lipinski definition) is 0. The normalized spacial score (nSPS) is 10.9. The van der Waals surface area contributed by atoms with E-state index in [0.717, 1.165) is 47.8 Å². The summed E-state index contributed by atoms with van der Waals surface area (Å²) in [4.78, 5) is 13.7. The van der Waals surface area contributed by atoms with Gasteiger partial charge in [-0.15, -0.1) is 0 Å². The lowest BCUT2D eigenvalue weighted by Crippen LogP contribution is -1.96. The molecule has 0 N–H and O–H groups in total. The van der Waals surface area contributed by atoms with Crippen molar-refractivity contribution in [3.8, 4) is 28.4 Å². The number of aromatic nitrogens is 3. The maximum Gasteiger partial charge on any atom is 0.160 e.